The largest absolute Gasteiger partial charge is 0.351 e. The van der Waals surface area contributed by atoms with Crippen molar-refractivity contribution in [2.24, 2.45) is 5.73 Å². The SMILES string of the molecule is CCN1CCC2(CCCN2C(N)=O)C1. The molecule has 4 heteroatoms. The Balaban J connectivity index is 2.11. The number of likely N-dealkylation sites (tertiary alicyclic amines) is 2. The van der Waals surface area contributed by atoms with Crippen LogP contribution in [-0.4, -0.2) is 47.5 Å². The third kappa shape index (κ3) is 1.38. The maximum atomic E-state index is 11.3. The van der Waals surface area contributed by atoms with Crippen LogP contribution in [0, 0.1) is 0 Å². The molecule has 2 saturated heterocycles. The fraction of sp³-hybridized carbons (Fsp3) is 0.900. The van der Waals surface area contributed by atoms with Gasteiger partial charge in [-0.2, -0.15) is 0 Å². The molecule has 0 aliphatic carbocycles. The highest BCUT2D eigenvalue weighted by Gasteiger charge is 2.46. The van der Waals surface area contributed by atoms with Crippen LogP contribution in [0.2, 0.25) is 0 Å². The third-order valence-corrected chi connectivity index (χ3v) is 3.72. The normalized spacial score (nSPS) is 33.1. The zero-order valence-corrected chi connectivity index (χ0v) is 8.83. The summed E-state index contributed by atoms with van der Waals surface area (Å²) in [5, 5.41) is 0. The number of likely N-dealkylation sites (N-methyl/N-ethyl adjacent to an activating group) is 1. The summed E-state index contributed by atoms with van der Waals surface area (Å²) in [6.07, 6.45) is 3.34. The van der Waals surface area contributed by atoms with Gasteiger partial charge in [-0.15, -0.1) is 0 Å². The number of hydrogen-bond donors (Lipinski definition) is 1. The molecule has 0 bridgehead atoms. The zero-order chi connectivity index (χ0) is 10.2. The van der Waals surface area contributed by atoms with Gasteiger partial charge in [0, 0.05) is 19.6 Å². The maximum absolute atomic E-state index is 11.3. The smallest absolute Gasteiger partial charge is 0.315 e. The van der Waals surface area contributed by atoms with E-state index >= 15 is 0 Å². The molecule has 2 fully saturated rings. The van der Waals surface area contributed by atoms with Gasteiger partial charge in [0.25, 0.3) is 0 Å². The Morgan fingerprint density at radius 2 is 2.21 bits per heavy atom. The molecular weight excluding hydrogens is 178 g/mol. The predicted octanol–water partition coefficient (Wildman–Crippen LogP) is 0.625. The average molecular weight is 197 g/mol. The van der Waals surface area contributed by atoms with Crippen molar-refractivity contribution < 1.29 is 4.79 Å². The van der Waals surface area contributed by atoms with E-state index in [1.807, 2.05) is 4.90 Å². The van der Waals surface area contributed by atoms with Gasteiger partial charge >= 0.3 is 6.03 Å². The first-order valence-corrected chi connectivity index (χ1v) is 5.47. The lowest BCUT2D eigenvalue weighted by Gasteiger charge is -2.33. The average Bonchev–Trinajstić information content (AvgIpc) is 2.74. The maximum Gasteiger partial charge on any atom is 0.315 e. The highest BCUT2D eigenvalue weighted by Crippen LogP contribution is 2.37. The minimum absolute atomic E-state index is 0.0852. The highest BCUT2D eigenvalue weighted by molar-refractivity contribution is 5.73. The van der Waals surface area contributed by atoms with Crippen molar-refractivity contribution >= 4 is 6.03 Å². The Morgan fingerprint density at radius 1 is 1.43 bits per heavy atom. The second-order valence-electron chi connectivity index (χ2n) is 4.44. The molecule has 0 aromatic rings. The monoisotopic (exact) mass is 197 g/mol. The molecule has 0 saturated carbocycles. The van der Waals surface area contributed by atoms with Crippen molar-refractivity contribution in [2.45, 2.75) is 31.7 Å². The summed E-state index contributed by atoms with van der Waals surface area (Å²) in [5.41, 5.74) is 5.49. The van der Waals surface area contributed by atoms with E-state index in [0.29, 0.717) is 0 Å². The molecule has 2 amide bonds. The van der Waals surface area contributed by atoms with Crippen molar-refractivity contribution in [2.75, 3.05) is 26.2 Å². The van der Waals surface area contributed by atoms with Crippen molar-refractivity contribution in [3.8, 4) is 0 Å². The van der Waals surface area contributed by atoms with Gasteiger partial charge in [0.05, 0.1) is 5.54 Å². The third-order valence-electron chi connectivity index (χ3n) is 3.72. The summed E-state index contributed by atoms with van der Waals surface area (Å²) in [6, 6.07) is -0.236. The van der Waals surface area contributed by atoms with Gasteiger partial charge in [-0.1, -0.05) is 6.92 Å². The van der Waals surface area contributed by atoms with E-state index < -0.39 is 0 Å². The second kappa shape index (κ2) is 3.42. The van der Waals surface area contributed by atoms with Crippen LogP contribution in [0.1, 0.15) is 26.2 Å². The van der Waals surface area contributed by atoms with E-state index in [-0.39, 0.29) is 11.6 Å². The number of hydrogen-bond acceptors (Lipinski definition) is 2. The van der Waals surface area contributed by atoms with Crippen LogP contribution in [0.4, 0.5) is 4.79 Å². The molecule has 0 aromatic carbocycles. The summed E-state index contributed by atoms with van der Waals surface area (Å²) in [4.78, 5) is 15.6. The number of urea groups is 1. The van der Waals surface area contributed by atoms with Crippen LogP contribution in [0.15, 0.2) is 0 Å². The van der Waals surface area contributed by atoms with E-state index in [2.05, 4.69) is 11.8 Å². The van der Waals surface area contributed by atoms with E-state index in [4.69, 9.17) is 5.73 Å². The quantitative estimate of drug-likeness (QED) is 0.670. The Morgan fingerprint density at radius 3 is 2.79 bits per heavy atom. The molecule has 1 atom stereocenters. The first kappa shape index (κ1) is 9.77. The van der Waals surface area contributed by atoms with Crippen molar-refractivity contribution in [3.63, 3.8) is 0 Å². The number of nitrogens with two attached hydrogens (primary N) is 1. The fourth-order valence-electron chi connectivity index (χ4n) is 2.92. The fourth-order valence-corrected chi connectivity index (χ4v) is 2.92. The number of carbonyl (C=O) groups is 1. The van der Waals surface area contributed by atoms with E-state index in [0.717, 1.165) is 45.4 Å². The summed E-state index contributed by atoms with van der Waals surface area (Å²) in [5.74, 6) is 0. The van der Waals surface area contributed by atoms with Crippen LogP contribution >= 0.6 is 0 Å². The minimum atomic E-state index is -0.236. The lowest BCUT2D eigenvalue weighted by Crippen LogP contribution is -2.51. The second-order valence-corrected chi connectivity index (χ2v) is 4.44. The Hall–Kier alpha value is -0.770. The number of amides is 2. The molecule has 4 nitrogen and oxygen atoms in total. The van der Waals surface area contributed by atoms with Gasteiger partial charge in [0.2, 0.25) is 0 Å². The summed E-state index contributed by atoms with van der Waals surface area (Å²) in [6.45, 7) is 6.23. The molecule has 0 radical (unpaired) electrons. The molecule has 1 spiro atoms. The number of rotatable bonds is 1. The minimum Gasteiger partial charge on any atom is -0.351 e. The highest BCUT2D eigenvalue weighted by atomic mass is 16.2. The molecule has 2 heterocycles. The first-order chi connectivity index (χ1) is 6.68. The first-order valence-electron chi connectivity index (χ1n) is 5.47. The molecule has 80 valence electrons. The van der Waals surface area contributed by atoms with Crippen LogP contribution in [0.3, 0.4) is 0 Å². The van der Waals surface area contributed by atoms with Gasteiger partial charge in [-0.3, -0.25) is 0 Å². The van der Waals surface area contributed by atoms with Crippen molar-refractivity contribution in [3.05, 3.63) is 0 Å². The van der Waals surface area contributed by atoms with Crippen LogP contribution in [0.5, 0.6) is 0 Å². The molecule has 2 aliphatic rings. The van der Waals surface area contributed by atoms with Crippen LogP contribution < -0.4 is 5.73 Å². The van der Waals surface area contributed by atoms with Gasteiger partial charge in [0.15, 0.2) is 0 Å². The van der Waals surface area contributed by atoms with Gasteiger partial charge in [-0.05, 0) is 25.8 Å². The zero-order valence-electron chi connectivity index (χ0n) is 8.83. The van der Waals surface area contributed by atoms with Crippen molar-refractivity contribution in [1.82, 2.24) is 9.80 Å². The van der Waals surface area contributed by atoms with Gasteiger partial charge in [0.1, 0.15) is 0 Å². The molecule has 14 heavy (non-hydrogen) atoms. The molecule has 2 rings (SSSR count). The van der Waals surface area contributed by atoms with Gasteiger partial charge < -0.3 is 15.5 Å². The predicted molar refractivity (Wildman–Crippen MR) is 55.0 cm³/mol. The van der Waals surface area contributed by atoms with E-state index in [9.17, 15) is 4.79 Å². The molecule has 2 aliphatic heterocycles. The van der Waals surface area contributed by atoms with E-state index in [1.165, 1.54) is 0 Å². The Kier molecular flexibility index (Phi) is 2.39. The Bertz CT molecular complexity index is 244. The molecule has 2 N–H and O–H groups in total. The number of carbonyl (C=O) groups excluding carboxylic acids is 1. The summed E-state index contributed by atoms with van der Waals surface area (Å²) >= 11 is 0. The topological polar surface area (TPSA) is 49.6 Å². The molecule has 1 unspecified atom stereocenters. The van der Waals surface area contributed by atoms with Gasteiger partial charge in [-0.25, -0.2) is 4.79 Å². The van der Waals surface area contributed by atoms with Crippen LogP contribution in [0.25, 0.3) is 0 Å². The molecular formula is C10H19N3O. The van der Waals surface area contributed by atoms with E-state index in [1.54, 1.807) is 0 Å². The standard InChI is InChI=1S/C10H19N3O/c1-2-12-7-5-10(8-12)4-3-6-13(10)9(11)14/h2-8H2,1H3,(H2,11,14). The summed E-state index contributed by atoms with van der Waals surface area (Å²) in [7, 11) is 0. The Labute approximate surface area is 85.0 Å². The summed E-state index contributed by atoms with van der Waals surface area (Å²) < 4.78 is 0. The number of nitrogens with zero attached hydrogens (tertiary/aromatic N) is 2. The lowest BCUT2D eigenvalue weighted by molar-refractivity contribution is 0.154. The lowest BCUT2D eigenvalue weighted by atomic mass is 9.95. The van der Waals surface area contributed by atoms with Crippen molar-refractivity contribution in [1.29, 1.82) is 0 Å². The van der Waals surface area contributed by atoms with Crippen LogP contribution in [-0.2, 0) is 0 Å². The number of primary amides is 1. The molecule has 0 aromatic heterocycles.